The molecule has 0 aliphatic rings. The van der Waals surface area contributed by atoms with Crippen molar-refractivity contribution in [2.24, 2.45) is 0 Å². The Balaban J connectivity index is 2.74. The molecule has 0 atom stereocenters. The van der Waals surface area contributed by atoms with E-state index in [-0.39, 0.29) is 11.7 Å². The maximum absolute atomic E-state index is 10.6. The van der Waals surface area contributed by atoms with Crippen LogP contribution in [0.3, 0.4) is 0 Å². The van der Waals surface area contributed by atoms with Crippen LogP contribution in [0.1, 0.15) is 6.92 Å². The van der Waals surface area contributed by atoms with E-state index in [0.29, 0.717) is 5.75 Å². The van der Waals surface area contributed by atoms with Gasteiger partial charge in [0.05, 0.1) is 0 Å². The summed E-state index contributed by atoms with van der Waals surface area (Å²) in [6, 6.07) is 5.04. The van der Waals surface area contributed by atoms with Gasteiger partial charge in [-0.15, -0.1) is 0 Å². The van der Waals surface area contributed by atoms with Crippen molar-refractivity contribution >= 4 is 9.04 Å². The Kier molecular flexibility index (Phi) is 4.19. The summed E-state index contributed by atoms with van der Waals surface area (Å²) in [4.78, 5) is 10.6. The molecule has 0 saturated heterocycles. The number of carbonyl (C=O) groups excluding carboxylic acids is 1. The molecule has 0 heterocycles. The molecule has 72 valence electrons. The van der Waals surface area contributed by atoms with E-state index in [1.165, 1.54) is 14.0 Å². The molecule has 0 radical (unpaired) electrons. The first kappa shape index (κ1) is 11.3. The Morgan fingerprint density at radius 1 is 1.50 bits per heavy atom. The van der Waals surface area contributed by atoms with Gasteiger partial charge < -0.3 is 0 Å². The Morgan fingerprint density at radius 3 is 2.79 bits per heavy atom. The van der Waals surface area contributed by atoms with Gasteiger partial charge in [0.15, 0.2) is 0 Å². The molecule has 1 aromatic carbocycles. The fourth-order valence-electron chi connectivity index (χ4n) is 0.997. The average Bonchev–Trinajstić information content (AvgIpc) is 2.16. The van der Waals surface area contributed by atoms with E-state index in [4.69, 9.17) is 7.38 Å². The van der Waals surface area contributed by atoms with Crippen molar-refractivity contribution in [2.45, 2.75) is 6.92 Å². The number of methoxy groups -OCH3 is 1. The molecule has 0 unspecified atom stereocenters. The van der Waals surface area contributed by atoms with Crippen LogP contribution in [0.25, 0.3) is 0 Å². The van der Waals surface area contributed by atoms with Crippen LogP contribution in [0.15, 0.2) is 18.2 Å². The van der Waals surface area contributed by atoms with Gasteiger partial charge in [0, 0.05) is 0 Å². The van der Waals surface area contributed by atoms with Crippen molar-refractivity contribution < 1.29 is 42.3 Å². The Bertz CT molecular complexity index is 338. The summed E-state index contributed by atoms with van der Waals surface area (Å²) in [5.74, 6) is 0.292. The Labute approximate surface area is 94.9 Å². The van der Waals surface area contributed by atoms with Crippen LogP contribution in [-0.4, -0.2) is 18.2 Å². The third-order valence-electron chi connectivity index (χ3n) is 1.69. The van der Waals surface area contributed by atoms with E-state index in [1.54, 1.807) is 18.2 Å². The topological polar surface area (TPSA) is 55.8 Å². The number of phenolic OH excluding ortho intramolecular Hbond substituents is 1. The second kappa shape index (κ2) is 5.19. The van der Waals surface area contributed by atoms with E-state index in [9.17, 15) is 9.90 Å². The van der Waals surface area contributed by atoms with E-state index >= 15 is 0 Å². The SMILES string of the molecule is COc1c[c]([Hg][O]C(C)=O)ccc1O. The number of carbonyl (C=O) groups is 1. The second-order valence-electron chi connectivity index (χ2n) is 2.79. The number of benzene rings is 1. The molecule has 0 aliphatic carbocycles. The van der Waals surface area contributed by atoms with Crippen LogP contribution >= 0.6 is 0 Å². The Hall–Kier alpha value is -0.775. The van der Waals surface area contributed by atoms with Crippen molar-refractivity contribution in [1.29, 1.82) is 0 Å². The first-order valence-electron chi connectivity index (χ1n) is 4.12. The van der Waals surface area contributed by atoms with E-state index in [0.717, 1.165) is 3.07 Å². The third-order valence-corrected chi connectivity index (χ3v) is 6.83. The predicted molar refractivity (Wildman–Crippen MR) is 46.1 cm³/mol. The zero-order valence-electron chi connectivity index (χ0n) is 8.11. The molecule has 0 spiro atoms. The summed E-state index contributed by atoms with van der Waals surface area (Å²) in [6.45, 7) is 1.40. The van der Waals surface area contributed by atoms with E-state index < -0.39 is 25.0 Å². The number of ether oxygens (including phenoxy) is 1. The van der Waals surface area contributed by atoms with E-state index in [2.05, 4.69) is 0 Å². The molecule has 1 rings (SSSR count). The molecule has 0 amide bonds. The molecule has 1 aromatic rings. The normalized spacial score (nSPS) is 9.00. The van der Waals surface area contributed by atoms with Crippen molar-refractivity contribution in [2.75, 3.05) is 7.11 Å². The molecular formula is C9H10HgO4. The molecule has 4 nitrogen and oxygen atoms in total. The van der Waals surface area contributed by atoms with Gasteiger partial charge >= 0.3 is 95.1 Å². The molecule has 0 fully saturated rings. The van der Waals surface area contributed by atoms with Gasteiger partial charge in [0.1, 0.15) is 0 Å². The molecule has 14 heavy (non-hydrogen) atoms. The zero-order chi connectivity index (χ0) is 10.6. The first-order valence-corrected chi connectivity index (χ1v) is 9.12. The average molecular weight is 383 g/mol. The predicted octanol–water partition coefficient (Wildman–Crippen LogP) is 0.587. The molecule has 0 bridgehead atoms. The number of hydrogen-bond donors (Lipinski definition) is 1. The van der Waals surface area contributed by atoms with Crippen LogP contribution in [0.4, 0.5) is 0 Å². The van der Waals surface area contributed by atoms with Gasteiger partial charge in [0.2, 0.25) is 0 Å². The fourth-order valence-corrected chi connectivity index (χ4v) is 4.31. The van der Waals surface area contributed by atoms with E-state index in [1.807, 2.05) is 0 Å². The summed E-state index contributed by atoms with van der Waals surface area (Å²) in [5.41, 5.74) is 0. The van der Waals surface area contributed by atoms with Crippen LogP contribution in [0.5, 0.6) is 11.5 Å². The molecule has 0 saturated carbocycles. The standard InChI is InChI=1S/C7H7O2.C2H4O2.Hg/c1-9-7-5-3-2-4-6(7)8;1-2(3)4;/h2,4-5,8H,1H3;1H3,(H,3,4);/q;;+1/p-1. The van der Waals surface area contributed by atoms with Crippen molar-refractivity contribution in [3.63, 3.8) is 0 Å². The minimum absolute atomic E-state index is 0.104. The van der Waals surface area contributed by atoms with Crippen molar-refractivity contribution in [3.8, 4) is 11.5 Å². The molecule has 0 aromatic heterocycles. The van der Waals surface area contributed by atoms with Gasteiger partial charge in [-0.2, -0.15) is 0 Å². The third kappa shape index (κ3) is 3.18. The number of phenols is 1. The summed E-state index contributed by atoms with van der Waals surface area (Å²) in [5, 5.41) is 9.30. The minimum atomic E-state index is -1.79. The van der Waals surface area contributed by atoms with Crippen molar-refractivity contribution in [3.05, 3.63) is 18.2 Å². The summed E-state index contributed by atoms with van der Waals surface area (Å²) in [7, 11) is 1.49. The summed E-state index contributed by atoms with van der Waals surface area (Å²) < 4.78 is 10.9. The fraction of sp³-hybridized carbons (Fsp3) is 0.222. The monoisotopic (exact) mass is 384 g/mol. The molecule has 0 aliphatic heterocycles. The quantitative estimate of drug-likeness (QED) is 0.777. The molecule has 1 N–H and O–H groups in total. The van der Waals surface area contributed by atoms with Crippen LogP contribution < -0.4 is 7.81 Å². The second-order valence-corrected chi connectivity index (χ2v) is 8.21. The summed E-state index contributed by atoms with van der Waals surface area (Å²) >= 11 is -1.79. The van der Waals surface area contributed by atoms with Gasteiger partial charge in [-0.25, -0.2) is 0 Å². The van der Waals surface area contributed by atoms with Gasteiger partial charge in [-0.05, 0) is 0 Å². The number of rotatable bonds is 3. The van der Waals surface area contributed by atoms with Gasteiger partial charge in [0.25, 0.3) is 0 Å². The van der Waals surface area contributed by atoms with Crippen LogP contribution in [-0.2, 0) is 32.5 Å². The first-order chi connectivity index (χ1) is 6.63. The molecular weight excluding hydrogens is 373 g/mol. The van der Waals surface area contributed by atoms with Gasteiger partial charge in [-0.3, -0.25) is 0 Å². The van der Waals surface area contributed by atoms with Crippen LogP contribution in [0.2, 0.25) is 0 Å². The summed E-state index contributed by atoms with van der Waals surface area (Å²) in [6.07, 6.45) is 0. The number of aromatic hydroxyl groups is 1. The Morgan fingerprint density at radius 2 is 2.21 bits per heavy atom. The number of hydrogen-bond acceptors (Lipinski definition) is 4. The van der Waals surface area contributed by atoms with Crippen molar-refractivity contribution in [1.82, 2.24) is 0 Å². The van der Waals surface area contributed by atoms with Crippen LogP contribution in [0, 0.1) is 0 Å². The van der Waals surface area contributed by atoms with Gasteiger partial charge in [-0.1, -0.05) is 0 Å². The zero-order valence-corrected chi connectivity index (χ0v) is 13.6. The molecule has 5 heteroatoms. The maximum atomic E-state index is 10.6.